The van der Waals surface area contributed by atoms with Crippen LogP contribution in [-0.4, -0.2) is 55.9 Å². The molecule has 9 nitrogen and oxygen atoms in total. The van der Waals surface area contributed by atoms with Crippen molar-refractivity contribution in [3.63, 3.8) is 0 Å². The zero-order chi connectivity index (χ0) is 19.4. The van der Waals surface area contributed by atoms with Crippen LogP contribution in [0, 0.1) is 0 Å². The topological polar surface area (TPSA) is 114 Å². The molecule has 0 spiro atoms. The molecule has 1 aliphatic heterocycles. The molecule has 1 saturated heterocycles. The maximum absolute atomic E-state index is 12.1. The second kappa shape index (κ2) is 8.55. The van der Waals surface area contributed by atoms with Crippen molar-refractivity contribution in [1.29, 1.82) is 0 Å². The number of thioether (sulfide) groups is 1. The fourth-order valence-electron chi connectivity index (χ4n) is 2.90. The fraction of sp³-hybridized carbons (Fsp3) is 0.588. The van der Waals surface area contributed by atoms with Crippen LogP contribution in [0.2, 0.25) is 0 Å². The van der Waals surface area contributed by atoms with E-state index in [4.69, 9.17) is 0 Å². The number of hydrogen-bond acceptors (Lipinski definition) is 7. The van der Waals surface area contributed by atoms with Crippen molar-refractivity contribution in [2.45, 2.75) is 57.4 Å². The SMILES string of the molecule is CCSc1nc(NC(C)C)c2cnn(CCNC(=O)C3CCC(=O)N3)c2n1. The van der Waals surface area contributed by atoms with Crippen molar-refractivity contribution in [2.24, 2.45) is 0 Å². The first-order valence-electron chi connectivity index (χ1n) is 9.18. The first-order chi connectivity index (χ1) is 13.0. The third-order valence-electron chi connectivity index (χ3n) is 4.11. The van der Waals surface area contributed by atoms with Gasteiger partial charge in [-0.3, -0.25) is 9.59 Å². The molecule has 3 heterocycles. The summed E-state index contributed by atoms with van der Waals surface area (Å²) in [6, 6.07) is -0.185. The molecule has 3 rings (SSSR count). The van der Waals surface area contributed by atoms with Gasteiger partial charge in [-0.25, -0.2) is 14.6 Å². The van der Waals surface area contributed by atoms with Crippen molar-refractivity contribution in [1.82, 2.24) is 30.4 Å². The van der Waals surface area contributed by atoms with E-state index in [-0.39, 0.29) is 17.9 Å². The Morgan fingerprint density at radius 1 is 1.44 bits per heavy atom. The lowest BCUT2D eigenvalue weighted by atomic mass is 10.2. The molecule has 1 fully saturated rings. The average molecular weight is 392 g/mol. The summed E-state index contributed by atoms with van der Waals surface area (Å²) in [5, 5.41) is 14.8. The van der Waals surface area contributed by atoms with Crippen molar-refractivity contribution in [3.8, 4) is 0 Å². The lowest BCUT2D eigenvalue weighted by Crippen LogP contribution is -2.42. The molecule has 2 aromatic rings. The summed E-state index contributed by atoms with van der Waals surface area (Å²) in [4.78, 5) is 32.5. The second-order valence-electron chi connectivity index (χ2n) is 6.64. The minimum Gasteiger partial charge on any atom is -0.367 e. The molecule has 146 valence electrons. The van der Waals surface area contributed by atoms with Crippen LogP contribution in [0.25, 0.3) is 11.0 Å². The van der Waals surface area contributed by atoms with Gasteiger partial charge in [-0.15, -0.1) is 0 Å². The first kappa shape index (κ1) is 19.4. The fourth-order valence-corrected chi connectivity index (χ4v) is 3.46. The van der Waals surface area contributed by atoms with Crippen LogP contribution in [0.15, 0.2) is 11.4 Å². The summed E-state index contributed by atoms with van der Waals surface area (Å²) < 4.78 is 1.77. The van der Waals surface area contributed by atoms with Crippen LogP contribution < -0.4 is 16.0 Å². The Kier molecular flexibility index (Phi) is 6.15. The molecular formula is C17H25N7O2S. The zero-order valence-electron chi connectivity index (χ0n) is 15.8. The molecule has 0 aliphatic carbocycles. The summed E-state index contributed by atoms with van der Waals surface area (Å²) in [5.74, 6) is 1.42. The van der Waals surface area contributed by atoms with Crippen LogP contribution >= 0.6 is 11.8 Å². The molecule has 0 bridgehead atoms. The number of hydrogen-bond donors (Lipinski definition) is 3. The van der Waals surface area contributed by atoms with E-state index in [2.05, 4.69) is 51.8 Å². The summed E-state index contributed by atoms with van der Waals surface area (Å²) in [7, 11) is 0. The number of rotatable bonds is 8. The highest BCUT2D eigenvalue weighted by atomic mass is 32.2. The Bertz CT molecular complexity index is 836. The van der Waals surface area contributed by atoms with E-state index in [0.717, 1.165) is 22.6 Å². The van der Waals surface area contributed by atoms with Crippen LogP contribution in [0.1, 0.15) is 33.6 Å². The molecule has 3 N–H and O–H groups in total. The number of amides is 2. The van der Waals surface area contributed by atoms with Crippen LogP contribution in [0.5, 0.6) is 0 Å². The lowest BCUT2D eigenvalue weighted by molar-refractivity contribution is -0.125. The highest BCUT2D eigenvalue weighted by Crippen LogP contribution is 2.24. The molecule has 0 radical (unpaired) electrons. The van der Waals surface area contributed by atoms with Crippen molar-refractivity contribution in [2.75, 3.05) is 17.6 Å². The monoisotopic (exact) mass is 391 g/mol. The smallest absolute Gasteiger partial charge is 0.242 e. The minimum absolute atomic E-state index is 0.0731. The van der Waals surface area contributed by atoms with E-state index >= 15 is 0 Å². The summed E-state index contributed by atoms with van der Waals surface area (Å²) in [5.41, 5.74) is 0.743. The number of anilines is 1. The van der Waals surface area contributed by atoms with Crippen LogP contribution in [-0.2, 0) is 16.1 Å². The summed E-state index contributed by atoms with van der Waals surface area (Å²) in [6.07, 6.45) is 2.70. The number of aromatic nitrogens is 4. The quantitative estimate of drug-likeness (QED) is 0.457. The molecule has 0 aromatic carbocycles. The predicted octanol–water partition coefficient (Wildman–Crippen LogP) is 1.15. The molecular weight excluding hydrogens is 366 g/mol. The van der Waals surface area contributed by atoms with Gasteiger partial charge < -0.3 is 16.0 Å². The number of nitrogens with zero attached hydrogens (tertiary/aromatic N) is 4. The Balaban J connectivity index is 1.71. The van der Waals surface area contributed by atoms with Gasteiger partial charge in [0, 0.05) is 19.0 Å². The van der Waals surface area contributed by atoms with E-state index in [9.17, 15) is 9.59 Å². The molecule has 1 aliphatic rings. The van der Waals surface area contributed by atoms with Gasteiger partial charge in [0.1, 0.15) is 11.9 Å². The number of carbonyl (C=O) groups is 2. The van der Waals surface area contributed by atoms with Gasteiger partial charge in [-0.1, -0.05) is 18.7 Å². The summed E-state index contributed by atoms with van der Waals surface area (Å²) >= 11 is 1.58. The maximum atomic E-state index is 12.1. The standard InChI is InChI=1S/C17H25N7O2S/c1-4-27-17-22-14(20-10(2)3)11-9-19-24(15(11)23-17)8-7-18-16(26)12-5-6-13(25)21-12/h9-10,12H,4-8H2,1-3H3,(H,18,26)(H,21,25)(H,20,22,23). The third-order valence-corrected chi connectivity index (χ3v) is 4.84. The largest absolute Gasteiger partial charge is 0.367 e. The van der Waals surface area contributed by atoms with E-state index in [1.807, 2.05) is 0 Å². The van der Waals surface area contributed by atoms with Gasteiger partial charge in [0.15, 0.2) is 10.8 Å². The molecule has 0 saturated carbocycles. The Hall–Kier alpha value is -2.36. The number of fused-ring (bicyclic) bond motifs is 1. The van der Waals surface area contributed by atoms with Gasteiger partial charge in [-0.05, 0) is 26.0 Å². The minimum atomic E-state index is -0.427. The van der Waals surface area contributed by atoms with Crippen molar-refractivity contribution in [3.05, 3.63) is 6.20 Å². The zero-order valence-corrected chi connectivity index (χ0v) is 16.6. The molecule has 2 amide bonds. The second-order valence-corrected chi connectivity index (χ2v) is 7.87. The van der Waals surface area contributed by atoms with Crippen molar-refractivity contribution < 1.29 is 9.59 Å². The van der Waals surface area contributed by atoms with Gasteiger partial charge in [0.2, 0.25) is 11.8 Å². The third kappa shape index (κ3) is 4.68. The average Bonchev–Trinajstić information content (AvgIpc) is 3.21. The highest BCUT2D eigenvalue weighted by molar-refractivity contribution is 7.99. The van der Waals surface area contributed by atoms with Crippen LogP contribution in [0.3, 0.4) is 0 Å². The molecule has 1 unspecified atom stereocenters. The Morgan fingerprint density at radius 3 is 2.93 bits per heavy atom. The highest BCUT2D eigenvalue weighted by Gasteiger charge is 2.26. The van der Waals surface area contributed by atoms with Gasteiger partial charge in [-0.2, -0.15) is 5.10 Å². The predicted molar refractivity (Wildman–Crippen MR) is 105 cm³/mol. The van der Waals surface area contributed by atoms with Crippen molar-refractivity contribution >= 4 is 40.4 Å². The van der Waals surface area contributed by atoms with Gasteiger partial charge in [0.05, 0.1) is 18.1 Å². The maximum Gasteiger partial charge on any atom is 0.242 e. The number of nitrogens with one attached hydrogen (secondary N) is 3. The first-order valence-corrected chi connectivity index (χ1v) is 10.2. The lowest BCUT2D eigenvalue weighted by Gasteiger charge is -2.12. The molecule has 1 atom stereocenters. The van der Waals surface area contributed by atoms with Crippen LogP contribution in [0.4, 0.5) is 5.82 Å². The summed E-state index contributed by atoms with van der Waals surface area (Å²) in [6.45, 7) is 7.08. The molecule has 27 heavy (non-hydrogen) atoms. The number of carbonyl (C=O) groups excluding carboxylic acids is 2. The molecule has 10 heteroatoms. The molecule has 2 aromatic heterocycles. The Morgan fingerprint density at radius 2 is 2.26 bits per heavy atom. The van der Waals surface area contributed by atoms with E-state index in [1.165, 1.54) is 0 Å². The van der Waals surface area contributed by atoms with E-state index < -0.39 is 6.04 Å². The van der Waals surface area contributed by atoms with E-state index in [1.54, 1.807) is 22.6 Å². The van der Waals surface area contributed by atoms with E-state index in [0.29, 0.717) is 31.1 Å². The van der Waals surface area contributed by atoms with Gasteiger partial charge in [0.25, 0.3) is 0 Å². The normalized spacial score (nSPS) is 16.7. The van der Waals surface area contributed by atoms with Gasteiger partial charge >= 0.3 is 0 Å². The Labute approximate surface area is 162 Å².